The predicted octanol–water partition coefficient (Wildman–Crippen LogP) is 1.97. The highest BCUT2D eigenvalue weighted by Crippen LogP contribution is 2.00. The second-order valence-corrected chi connectivity index (χ2v) is 3.65. The van der Waals surface area contributed by atoms with E-state index in [-0.39, 0.29) is 0 Å². The number of hydrogen-bond donors (Lipinski definition) is 1. The lowest BCUT2D eigenvalue weighted by atomic mass is 10.5. The van der Waals surface area contributed by atoms with Crippen LogP contribution in [0.4, 0.5) is 0 Å². The molecule has 60 valence electrons. The Morgan fingerprint density at radius 2 is 2.45 bits per heavy atom. The van der Waals surface area contributed by atoms with Gasteiger partial charge in [0.1, 0.15) is 0 Å². The summed E-state index contributed by atoms with van der Waals surface area (Å²) in [7, 11) is 0. The normalized spacial score (nSPS) is 11.1. The first-order valence-corrected chi connectivity index (χ1v) is 4.98. The van der Waals surface area contributed by atoms with Crippen LogP contribution in [0.25, 0.3) is 0 Å². The van der Waals surface area contributed by atoms with Crippen molar-refractivity contribution in [3.63, 3.8) is 0 Å². The van der Waals surface area contributed by atoms with Gasteiger partial charge in [-0.25, -0.2) is 0 Å². The maximum absolute atomic E-state index is 4.12. The van der Waals surface area contributed by atoms with Crippen molar-refractivity contribution in [1.82, 2.24) is 9.78 Å². The third-order valence-electron chi connectivity index (χ3n) is 1.17. The molecule has 0 radical (unpaired) electrons. The monoisotopic (exact) mass is 280 g/mol. The zero-order valence-electron chi connectivity index (χ0n) is 5.94. The summed E-state index contributed by atoms with van der Waals surface area (Å²) in [6.45, 7) is 0.837. The molecule has 0 unspecified atom stereocenters. The molecule has 0 saturated carbocycles. The van der Waals surface area contributed by atoms with Gasteiger partial charge in [0.05, 0.1) is 16.3 Å². The predicted molar refractivity (Wildman–Crippen MR) is 57.9 cm³/mol. The second-order valence-electron chi connectivity index (χ2n) is 2.03. The van der Waals surface area contributed by atoms with E-state index in [1.165, 1.54) is 3.57 Å². The van der Waals surface area contributed by atoms with Crippen LogP contribution in [0.2, 0.25) is 0 Å². The Kier molecular flexibility index (Phi) is 3.99. The lowest BCUT2D eigenvalue weighted by Gasteiger charge is -1.91. The summed E-state index contributed by atoms with van der Waals surface area (Å²) in [6, 6.07) is 0. The topological polar surface area (TPSA) is 17.8 Å². The third kappa shape index (κ3) is 3.29. The number of nitrogens with zero attached hydrogens (tertiary/aromatic N) is 2. The van der Waals surface area contributed by atoms with Crippen molar-refractivity contribution < 1.29 is 0 Å². The minimum absolute atomic E-state index is 0.790. The van der Waals surface area contributed by atoms with E-state index < -0.39 is 0 Å². The molecule has 0 saturated heterocycles. The number of halogens is 1. The van der Waals surface area contributed by atoms with Crippen molar-refractivity contribution in [1.29, 1.82) is 0 Å². The zero-order chi connectivity index (χ0) is 8.10. The minimum Gasteiger partial charge on any atom is -0.268 e. The molecule has 0 bridgehead atoms. The van der Waals surface area contributed by atoms with Gasteiger partial charge in [-0.2, -0.15) is 17.7 Å². The van der Waals surface area contributed by atoms with E-state index in [0.717, 1.165) is 12.3 Å². The molecule has 0 aliphatic carbocycles. The minimum atomic E-state index is 0.790. The summed E-state index contributed by atoms with van der Waals surface area (Å²) in [5.74, 6) is 0.790. The average molecular weight is 280 g/mol. The summed E-state index contributed by atoms with van der Waals surface area (Å²) in [5, 5.41) is 4.12. The van der Waals surface area contributed by atoms with Crippen molar-refractivity contribution >= 4 is 35.2 Å². The van der Waals surface area contributed by atoms with Crippen LogP contribution in [0.1, 0.15) is 0 Å². The summed E-state index contributed by atoms with van der Waals surface area (Å²) < 4.78 is 3.06. The van der Waals surface area contributed by atoms with Crippen LogP contribution in [0.15, 0.2) is 24.5 Å². The average Bonchev–Trinajstić information content (AvgIpc) is 2.37. The van der Waals surface area contributed by atoms with Crippen molar-refractivity contribution in [2.24, 2.45) is 0 Å². The molecule has 0 aliphatic rings. The number of thiol groups is 1. The third-order valence-corrected chi connectivity index (χ3v) is 1.93. The van der Waals surface area contributed by atoms with E-state index in [2.05, 4.69) is 46.4 Å². The van der Waals surface area contributed by atoms with Gasteiger partial charge in [0.15, 0.2) is 0 Å². The van der Waals surface area contributed by atoms with Crippen LogP contribution in [0, 0.1) is 3.57 Å². The fourth-order valence-electron chi connectivity index (χ4n) is 0.695. The Bertz CT molecular complexity index is 244. The number of hydrogen-bond acceptors (Lipinski definition) is 2. The highest BCUT2D eigenvalue weighted by Gasteiger charge is 1.89. The van der Waals surface area contributed by atoms with Gasteiger partial charge in [0.25, 0.3) is 0 Å². The van der Waals surface area contributed by atoms with Crippen LogP contribution < -0.4 is 0 Å². The molecular weight excluding hydrogens is 271 g/mol. The molecule has 0 amide bonds. The molecule has 1 rings (SSSR count). The van der Waals surface area contributed by atoms with Crippen LogP contribution in [-0.4, -0.2) is 15.5 Å². The molecule has 0 atom stereocenters. The van der Waals surface area contributed by atoms with Gasteiger partial charge in [-0.05, 0) is 22.6 Å². The second kappa shape index (κ2) is 4.82. The fraction of sp³-hybridized carbons (Fsp3) is 0.286. The molecule has 0 fully saturated rings. The molecular formula is C7H9IN2S. The highest BCUT2D eigenvalue weighted by molar-refractivity contribution is 14.1. The maximum atomic E-state index is 4.12. The molecule has 0 N–H and O–H groups in total. The molecule has 0 aromatic carbocycles. The quantitative estimate of drug-likeness (QED) is 0.509. The van der Waals surface area contributed by atoms with Crippen molar-refractivity contribution in [2.45, 2.75) is 6.54 Å². The molecule has 11 heavy (non-hydrogen) atoms. The summed E-state index contributed by atoms with van der Waals surface area (Å²) >= 11 is 6.29. The Labute approximate surface area is 85.2 Å². The van der Waals surface area contributed by atoms with E-state index in [1.54, 1.807) is 0 Å². The van der Waals surface area contributed by atoms with Crippen LogP contribution in [-0.2, 0) is 6.54 Å². The molecule has 1 aromatic rings. The number of aromatic nitrogens is 2. The first-order chi connectivity index (χ1) is 5.33. The van der Waals surface area contributed by atoms with E-state index in [1.807, 2.05) is 23.2 Å². The fourth-order valence-corrected chi connectivity index (χ4v) is 1.29. The van der Waals surface area contributed by atoms with Gasteiger partial charge in [0.2, 0.25) is 0 Å². The van der Waals surface area contributed by atoms with Gasteiger partial charge < -0.3 is 0 Å². The van der Waals surface area contributed by atoms with Crippen LogP contribution in [0.5, 0.6) is 0 Å². The van der Waals surface area contributed by atoms with Gasteiger partial charge in [0, 0.05) is 11.9 Å². The van der Waals surface area contributed by atoms with Gasteiger partial charge in [-0.15, -0.1) is 0 Å². The number of allylic oxidation sites excluding steroid dienone is 1. The first kappa shape index (κ1) is 9.12. The van der Waals surface area contributed by atoms with E-state index in [9.17, 15) is 0 Å². The standard InChI is InChI=1S/C7H9IN2S/c8-7-5-9-10(6-7)3-1-2-4-11/h1-2,5-6,11H,3-4H2. The van der Waals surface area contributed by atoms with Crippen molar-refractivity contribution in [3.05, 3.63) is 28.1 Å². The Morgan fingerprint density at radius 3 is 3.00 bits per heavy atom. The number of rotatable bonds is 3. The SMILES string of the molecule is SCC=CCn1cc(I)cn1. The molecule has 0 spiro atoms. The largest absolute Gasteiger partial charge is 0.268 e. The van der Waals surface area contributed by atoms with E-state index in [0.29, 0.717) is 0 Å². The molecule has 1 aromatic heterocycles. The van der Waals surface area contributed by atoms with Gasteiger partial charge in [-0.1, -0.05) is 12.2 Å². The lowest BCUT2D eigenvalue weighted by molar-refractivity contribution is 0.701. The zero-order valence-corrected chi connectivity index (χ0v) is 9.00. The van der Waals surface area contributed by atoms with Gasteiger partial charge in [-0.3, -0.25) is 4.68 Å². The van der Waals surface area contributed by atoms with E-state index in [4.69, 9.17) is 0 Å². The molecule has 2 nitrogen and oxygen atoms in total. The van der Waals surface area contributed by atoms with Crippen LogP contribution in [0.3, 0.4) is 0 Å². The van der Waals surface area contributed by atoms with Gasteiger partial charge >= 0.3 is 0 Å². The van der Waals surface area contributed by atoms with Crippen molar-refractivity contribution in [2.75, 3.05) is 5.75 Å². The Balaban J connectivity index is 2.45. The Morgan fingerprint density at radius 1 is 1.64 bits per heavy atom. The first-order valence-electron chi connectivity index (χ1n) is 3.27. The summed E-state index contributed by atoms with van der Waals surface area (Å²) in [6.07, 6.45) is 7.91. The molecule has 1 heterocycles. The highest BCUT2D eigenvalue weighted by atomic mass is 127. The molecule has 4 heteroatoms. The van der Waals surface area contributed by atoms with E-state index >= 15 is 0 Å². The molecule has 0 aliphatic heterocycles. The summed E-state index contributed by atoms with van der Waals surface area (Å²) in [4.78, 5) is 0. The van der Waals surface area contributed by atoms with Crippen molar-refractivity contribution in [3.8, 4) is 0 Å². The smallest absolute Gasteiger partial charge is 0.0623 e. The maximum Gasteiger partial charge on any atom is 0.0623 e. The van der Waals surface area contributed by atoms with Crippen LogP contribution >= 0.6 is 35.2 Å². The summed E-state index contributed by atoms with van der Waals surface area (Å²) in [5.41, 5.74) is 0. The lowest BCUT2D eigenvalue weighted by Crippen LogP contribution is -1.94. The Hall–Kier alpha value is 0.0300.